The Bertz CT molecular complexity index is 786. The maximum Gasteiger partial charge on any atom is 0.203 e. The van der Waals surface area contributed by atoms with E-state index in [0.717, 1.165) is 16.2 Å². The number of rotatable bonds is 8. The second-order valence-corrected chi connectivity index (χ2v) is 6.79. The van der Waals surface area contributed by atoms with E-state index >= 15 is 0 Å². The van der Waals surface area contributed by atoms with Crippen LogP contribution in [-0.2, 0) is 0 Å². The molecule has 1 atom stereocenters. The predicted molar refractivity (Wildman–Crippen MR) is 108 cm³/mol. The summed E-state index contributed by atoms with van der Waals surface area (Å²) in [5.74, 6) is 2.55. The lowest BCUT2D eigenvalue weighted by Gasteiger charge is -2.21. The van der Waals surface area contributed by atoms with E-state index in [-0.39, 0.29) is 5.44 Å². The summed E-state index contributed by atoms with van der Waals surface area (Å²) in [6.45, 7) is 0. The maximum absolute atomic E-state index is 6.29. The Balaban J connectivity index is 2.01. The highest BCUT2D eigenvalue weighted by molar-refractivity contribution is 7.99. The molecule has 3 aromatic carbocycles. The normalized spacial score (nSPS) is 11.5. The lowest BCUT2D eigenvalue weighted by atomic mass is 10.2. The van der Waals surface area contributed by atoms with Crippen LogP contribution < -0.4 is 18.9 Å². The molecule has 3 rings (SSSR count). The van der Waals surface area contributed by atoms with E-state index in [1.165, 1.54) is 0 Å². The quantitative estimate of drug-likeness (QED) is 0.375. The van der Waals surface area contributed by atoms with Gasteiger partial charge in [0.2, 0.25) is 5.75 Å². The first-order valence-electron chi connectivity index (χ1n) is 8.48. The van der Waals surface area contributed by atoms with Gasteiger partial charge >= 0.3 is 0 Å². The van der Waals surface area contributed by atoms with Crippen LogP contribution in [0.1, 0.15) is 11.0 Å². The molecule has 140 valence electrons. The topological polar surface area (TPSA) is 36.9 Å². The number of benzene rings is 3. The summed E-state index contributed by atoms with van der Waals surface area (Å²) in [7, 11) is 4.81. The largest absolute Gasteiger partial charge is 0.493 e. The summed E-state index contributed by atoms with van der Waals surface area (Å²) in [4.78, 5) is 1.10. The fourth-order valence-electron chi connectivity index (χ4n) is 2.64. The van der Waals surface area contributed by atoms with Crippen LogP contribution in [-0.4, -0.2) is 21.3 Å². The van der Waals surface area contributed by atoms with Crippen molar-refractivity contribution >= 4 is 11.8 Å². The summed E-state index contributed by atoms with van der Waals surface area (Å²) < 4.78 is 22.7. The highest BCUT2D eigenvalue weighted by atomic mass is 32.2. The molecule has 0 spiro atoms. The summed E-state index contributed by atoms with van der Waals surface area (Å²) in [6, 6.07) is 23.7. The average Bonchev–Trinajstić information content (AvgIpc) is 2.73. The van der Waals surface area contributed by atoms with E-state index in [1.807, 2.05) is 60.7 Å². The van der Waals surface area contributed by atoms with Crippen LogP contribution in [0, 0.1) is 0 Å². The van der Waals surface area contributed by atoms with Gasteiger partial charge in [-0.05, 0) is 36.4 Å². The van der Waals surface area contributed by atoms with Crippen LogP contribution >= 0.6 is 11.8 Å². The Labute approximate surface area is 164 Å². The summed E-state index contributed by atoms with van der Waals surface area (Å²) in [5.41, 5.74) is 0.630. The molecule has 4 nitrogen and oxygen atoms in total. The zero-order valence-electron chi connectivity index (χ0n) is 15.5. The van der Waals surface area contributed by atoms with E-state index < -0.39 is 0 Å². The van der Waals surface area contributed by atoms with Crippen molar-refractivity contribution in [3.63, 3.8) is 0 Å². The first-order chi connectivity index (χ1) is 13.2. The monoisotopic (exact) mass is 382 g/mol. The van der Waals surface area contributed by atoms with Crippen molar-refractivity contribution in [3.8, 4) is 23.0 Å². The molecule has 27 heavy (non-hydrogen) atoms. The molecule has 3 aromatic rings. The third-order valence-electron chi connectivity index (χ3n) is 3.93. The molecule has 0 fully saturated rings. The second-order valence-electron chi connectivity index (χ2n) is 5.65. The van der Waals surface area contributed by atoms with Crippen molar-refractivity contribution in [2.75, 3.05) is 21.3 Å². The van der Waals surface area contributed by atoms with Gasteiger partial charge in [-0.25, -0.2) is 0 Å². The van der Waals surface area contributed by atoms with E-state index in [0.29, 0.717) is 17.2 Å². The van der Waals surface area contributed by atoms with Gasteiger partial charge in [0, 0.05) is 10.5 Å². The first kappa shape index (κ1) is 19.0. The molecule has 1 unspecified atom stereocenters. The molecule has 0 bridgehead atoms. The first-order valence-corrected chi connectivity index (χ1v) is 9.36. The summed E-state index contributed by atoms with van der Waals surface area (Å²) in [6.07, 6.45) is 0. The van der Waals surface area contributed by atoms with Crippen molar-refractivity contribution in [1.29, 1.82) is 0 Å². The number of methoxy groups -OCH3 is 3. The van der Waals surface area contributed by atoms with E-state index in [2.05, 4.69) is 12.1 Å². The molecule has 0 heterocycles. The van der Waals surface area contributed by atoms with Crippen LogP contribution in [0.2, 0.25) is 0 Å². The number of ether oxygens (including phenoxy) is 4. The van der Waals surface area contributed by atoms with Crippen LogP contribution in [0.15, 0.2) is 77.7 Å². The predicted octanol–water partition coefficient (Wildman–Crippen LogP) is 5.58. The van der Waals surface area contributed by atoms with Crippen LogP contribution in [0.25, 0.3) is 0 Å². The average molecular weight is 382 g/mol. The van der Waals surface area contributed by atoms with Gasteiger partial charge in [-0.3, -0.25) is 0 Å². The molecule has 0 N–H and O–H groups in total. The Hall–Kier alpha value is -2.79. The standard InChI is InChI=1S/C22H22O4S/c1-23-19-14-16(15-20(24-2)21(19)25-3)22(26-17-10-6-4-7-11-17)27-18-12-8-5-9-13-18/h4-15,22H,1-3H3. The summed E-state index contributed by atoms with van der Waals surface area (Å²) >= 11 is 1.61. The van der Waals surface area contributed by atoms with Gasteiger partial charge in [0.25, 0.3) is 0 Å². The van der Waals surface area contributed by atoms with Gasteiger partial charge in [0.05, 0.1) is 21.3 Å². The fourth-order valence-corrected chi connectivity index (χ4v) is 3.64. The molecule has 0 saturated heterocycles. The van der Waals surface area contributed by atoms with E-state index in [1.54, 1.807) is 33.1 Å². The number of thioether (sulfide) groups is 1. The molecule has 0 aliphatic carbocycles. The summed E-state index contributed by atoms with van der Waals surface area (Å²) in [5, 5.41) is 0. The lowest BCUT2D eigenvalue weighted by Crippen LogP contribution is -2.06. The highest BCUT2D eigenvalue weighted by Crippen LogP contribution is 2.44. The van der Waals surface area contributed by atoms with Crippen molar-refractivity contribution in [2.24, 2.45) is 0 Å². The highest BCUT2D eigenvalue weighted by Gasteiger charge is 2.21. The third kappa shape index (κ3) is 4.68. The van der Waals surface area contributed by atoms with Crippen LogP contribution in [0.5, 0.6) is 23.0 Å². The smallest absolute Gasteiger partial charge is 0.203 e. The molecular weight excluding hydrogens is 360 g/mol. The fraction of sp³-hybridized carbons (Fsp3) is 0.182. The van der Waals surface area contributed by atoms with Gasteiger partial charge in [-0.2, -0.15) is 0 Å². The van der Waals surface area contributed by atoms with Gasteiger partial charge in [0.1, 0.15) is 5.75 Å². The third-order valence-corrected chi connectivity index (χ3v) is 5.06. The zero-order valence-corrected chi connectivity index (χ0v) is 16.4. The second kappa shape index (κ2) is 9.24. The molecular formula is C22H22O4S. The van der Waals surface area contributed by atoms with Gasteiger partial charge < -0.3 is 18.9 Å². The minimum absolute atomic E-state index is 0.288. The van der Waals surface area contributed by atoms with E-state index in [4.69, 9.17) is 18.9 Å². The minimum atomic E-state index is -0.288. The zero-order chi connectivity index (χ0) is 19.1. The van der Waals surface area contributed by atoms with Crippen LogP contribution in [0.4, 0.5) is 0 Å². The minimum Gasteiger partial charge on any atom is -0.493 e. The van der Waals surface area contributed by atoms with Crippen LogP contribution in [0.3, 0.4) is 0 Å². The Morgan fingerprint density at radius 1 is 0.704 bits per heavy atom. The number of hydrogen-bond acceptors (Lipinski definition) is 5. The maximum atomic E-state index is 6.29. The van der Waals surface area contributed by atoms with Crippen molar-refractivity contribution in [1.82, 2.24) is 0 Å². The van der Waals surface area contributed by atoms with Gasteiger partial charge in [-0.15, -0.1) is 0 Å². The molecule has 0 radical (unpaired) electrons. The Morgan fingerprint density at radius 3 is 1.78 bits per heavy atom. The van der Waals surface area contributed by atoms with Gasteiger partial charge in [0.15, 0.2) is 16.9 Å². The molecule has 5 heteroatoms. The van der Waals surface area contributed by atoms with Gasteiger partial charge in [-0.1, -0.05) is 48.2 Å². The molecule has 0 saturated carbocycles. The van der Waals surface area contributed by atoms with Crippen molar-refractivity contribution in [2.45, 2.75) is 10.3 Å². The molecule has 0 aromatic heterocycles. The Kier molecular flexibility index (Phi) is 6.49. The SMILES string of the molecule is COc1cc(C(Oc2ccccc2)Sc2ccccc2)cc(OC)c1OC. The number of hydrogen-bond donors (Lipinski definition) is 0. The Morgan fingerprint density at radius 2 is 1.26 bits per heavy atom. The van der Waals surface area contributed by atoms with Crippen molar-refractivity contribution in [3.05, 3.63) is 78.4 Å². The van der Waals surface area contributed by atoms with Crippen molar-refractivity contribution < 1.29 is 18.9 Å². The molecule has 0 amide bonds. The molecule has 0 aliphatic rings. The molecule has 0 aliphatic heterocycles. The lowest BCUT2D eigenvalue weighted by molar-refractivity contribution is 0.289. The van der Waals surface area contributed by atoms with E-state index in [9.17, 15) is 0 Å². The number of para-hydroxylation sites is 1.